The third kappa shape index (κ3) is 2.37. The summed E-state index contributed by atoms with van der Waals surface area (Å²) in [6.45, 7) is 2.49. The summed E-state index contributed by atoms with van der Waals surface area (Å²) in [7, 11) is 0. The number of nitrogens with zero attached hydrogens (tertiary/aromatic N) is 1. The van der Waals surface area contributed by atoms with Crippen LogP contribution in [0.3, 0.4) is 0 Å². The van der Waals surface area contributed by atoms with Crippen LogP contribution in [0.2, 0.25) is 0 Å². The Morgan fingerprint density at radius 3 is 2.61 bits per heavy atom. The summed E-state index contributed by atoms with van der Waals surface area (Å²) in [6.07, 6.45) is 1.08. The lowest BCUT2D eigenvalue weighted by Crippen LogP contribution is -2.31. The van der Waals surface area contributed by atoms with Crippen molar-refractivity contribution in [1.29, 1.82) is 0 Å². The van der Waals surface area contributed by atoms with Crippen LogP contribution in [-0.2, 0) is 9.59 Å². The van der Waals surface area contributed by atoms with Crippen LogP contribution in [-0.4, -0.2) is 23.3 Å². The van der Waals surface area contributed by atoms with Gasteiger partial charge in [-0.1, -0.05) is 37.3 Å². The van der Waals surface area contributed by atoms with Crippen LogP contribution >= 0.6 is 0 Å². The van der Waals surface area contributed by atoms with E-state index in [9.17, 15) is 9.59 Å². The number of rotatable bonds is 4. The third-order valence-electron chi connectivity index (χ3n) is 3.51. The average Bonchev–Trinajstić information content (AvgIpc) is 2.74. The van der Waals surface area contributed by atoms with Gasteiger partial charge in [-0.25, -0.2) is 0 Å². The van der Waals surface area contributed by atoms with Gasteiger partial charge in [-0.3, -0.25) is 9.59 Å². The molecule has 0 aliphatic carbocycles. The first-order valence-corrected chi connectivity index (χ1v) is 6.27. The van der Waals surface area contributed by atoms with Crippen LogP contribution < -0.4 is 5.73 Å². The highest BCUT2D eigenvalue weighted by atomic mass is 16.2. The van der Waals surface area contributed by atoms with Gasteiger partial charge in [0, 0.05) is 13.0 Å². The topological polar surface area (TPSA) is 63.4 Å². The van der Waals surface area contributed by atoms with Gasteiger partial charge in [0.2, 0.25) is 11.8 Å². The van der Waals surface area contributed by atoms with Crippen LogP contribution in [0.4, 0.5) is 0 Å². The normalized spacial score (nSPS) is 21.1. The van der Waals surface area contributed by atoms with E-state index in [0.29, 0.717) is 6.54 Å². The molecule has 96 valence electrons. The summed E-state index contributed by atoms with van der Waals surface area (Å²) in [5.74, 6) is -0.696. The molecule has 2 unspecified atom stereocenters. The summed E-state index contributed by atoms with van der Waals surface area (Å²) < 4.78 is 0. The second kappa shape index (κ2) is 5.21. The van der Waals surface area contributed by atoms with E-state index in [2.05, 4.69) is 0 Å². The lowest BCUT2D eigenvalue weighted by molar-refractivity contribution is -0.130. The molecule has 0 radical (unpaired) electrons. The van der Waals surface area contributed by atoms with Crippen LogP contribution in [0.1, 0.15) is 31.4 Å². The average molecular weight is 246 g/mol. The van der Waals surface area contributed by atoms with E-state index in [0.717, 1.165) is 12.0 Å². The van der Waals surface area contributed by atoms with E-state index >= 15 is 0 Å². The second-order valence-corrected chi connectivity index (χ2v) is 4.68. The molecule has 1 aromatic carbocycles. The van der Waals surface area contributed by atoms with Crippen LogP contribution in [0, 0.1) is 5.92 Å². The largest absolute Gasteiger partial charge is 0.369 e. The zero-order valence-corrected chi connectivity index (χ0v) is 10.5. The molecule has 0 bridgehead atoms. The highest BCUT2D eigenvalue weighted by Crippen LogP contribution is 2.30. The van der Waals surface area contributed by atoms with Gasteiger partial charge in [-0.2, -0.15) is 0 Å². The summed E-state index contributed by atoms with van der Waals surface area (Å²) in [5, 5.41) is 0. The van der Waals surface area contributed by atoms with Crippen molar-refractivity contribution < 1.29 is 9.59 Å². The van der Waals surface area contributed by atoms with Gasteiger partial charge in [-0.05, 0) is 12.0 Å². The summed E-state index contributed by atoms with van der Waals surface area (Å²) in [4.78, 5) is 24.9. The van der Waals surface area contributed by atoms with E-state index in [1.54, 1.807) is 4.90 Å². The first-order valence-electron chi connectivity index (χ1n) is 6.27. The fraction of sp³-hybridized carbons (Fsp3) is 0.429. The Kier molecular flexibility index (Phi) is 3.65. The minimum atomic E-state index is -0.381. The molecule has 4 heteroatoms. The molecule has 2 N–H and O–H groups in total. The van der Waals surface area contributed by atoms with Crippen LogP contribution in [0.5, 0.6) is 0 Å². The van der Waals surface area contributed by atoms with E-state index in [4.69, 9.17) is 5.73 Å². The molecule has 0 spiro atoms. The van der Waals surface area contributed by atoms with Crippen molar-refractivity contribution >= 4 is 11.8 Å². The van der Waals surface area contributed by atoms with Crippen molar-refractivity contribution in [1.82, 2.24) is 4.90 Å². The lowest BCUT2D eigenvalue weighted by Gasteiger charge is -2.27. The van der Waals surface area contributed by atoms with Crippen molar-refractivity contribution in [3.8, 4) is 0 Å². The summed E-state index contributed by atoms with van der Waals surface area (Å²) >= 11 is 0. The molecule has 2 atom stereocenters. The molecule has 2 amide bonds. The standard InChI is InChI=1S/C14H18N2O2/c1-2-12(10-6-4-3-5-7-10)16-9-11(14(15)18)8-13(16)17/h3-7,11-12H,2,8-9H2,1H3,(H2,15,18). The molecule has 1 heterocycles. The molecule has 4 nitrogen and oxygen atoms in total. The quantitative estimate of drug-likeness (QED) is 0.874. The Labute approximate surface area is 107 Å². The van der Waals surface area contributed by atoms with Gasteiger partial charge in [0.25, 0.3) is 0 Å². The van der Waals surface area contributed by atoms with E-state index in [1.807, 2.05) is 37.3 Å². The van der Waals surface area contributed by atoms with Crippen molar-refractivity contribution in [3.63, 3.8) is 0 Å². The molecule has 1 aliphatic rings. The van der Waals surface area contributed by atoms with Gasteiger partial charge in [0.05, 0.1) is 12.0 Å². The van der Waals surface area contributed by atoms with Gasteiger partial charge in [0.15, 0.2) is 0 Å². The van der Waals surface area contributed by atoms with E-state index in [-0.39, 0.29) is 30.2 Å². The predicted octanol–water partition coefficient (Wildman–Crippen LogP) is 1.47. The second-order valence-electron chi connectivity index (χ2n) is 4.68. The SMILES string of the molecule is CCC(c1ccccc1)N1CC(C(N)=O)CC1=O. The fourth-order valence-corrected chi connectivity index (χ4v) is 2.53. The number of hydrogen-bond donors (Lipinski definition) is 1. The molecular formula is C14H18N2O2. The zero-order chi connectivity index (χ0) is 13.1. The summed E-state index contributed by atoms with van der Waals surface area (Å²) in [6, 6.07) is 9.95. The third-order valence-corrected chi connectivity index (χ3v) is 3.51. The number of benzene rings is 1. The maximum absolute atomic E-state index is 12.0. The van der Waals surface area contributed by atoms with Gasteiger partial charge < -0.3 is 10.6 Å². The molecule has 0 saturated carbocycles. The molecule has 2 rings (SSSR count). The number of carbonyl (C=O) groups is 2. The monoisotopic (exact) mass is 246 g/mol. The lowest BCUT2D eigenvalue weighted by atomic mass is 10.0. The Morgan fingerprint density at radius 2 is 2.11 bits per heavy atom. The van der Waals surface area contributed by atoms with Crippen LogP contribution in [0.25, 0.3) is 0 Å². The van der Waals surface area contributed by atoms with E-state index < -0.39 is 0 Å². The number of primary amides is 1. The first-order chi connectivity index (χ1) is 8.63. The van der Waals surface area contributed by atoms with Crippen LogP contribution in [0.15, 0.2) is 30.3 Å². The highest BCUT2D eigenvalue weighted by Gasteiger charge is 2.36. The molecule has 0 aromatic heterocycles. The molecule has 1 aromatic rings. The van der Waals surface area contributed by atoms with Gasteiger partial charge >= 0.3 is 0 Å². The smallest absolute Gasteiger partial charge is 0.223 e. The number of hydrogen-bond acceptors (Lipinski definition) is 2. The number of carbonyl (C=O) groups excluding carboxylic acids is 2. The number of nitrogens with two attached hydrogens (primary N) is 1. The number of amides is 2. The maximum atomic E-state index is 12.0. The fourth-order valence-electron chi connectivity index (χ4n) is 2.53. The van der Waals surface area contributed by atoms with Gasteiger partial charge in [0.1, 0.15) is 0 Å². The van der Waals surface area contributed by atoms with Gasteiger partial charge in [-0.15, -0.1) is 0 Å². The Balaban J connectivity index is 2.19. The molecule has 1 aliphatic heterocycles. The van der Waals surface area contributed by atoms with Crippen molar-refractivity contribution in [2.24, 2.45) is 11.7 Å². The Bertz CT molecular complexity index is 444. The van der Waals surface area contributed by atoms with E-state index in [1.165, 1.54) is 0 Å². The Hall–Kier alpha value is -1.84. The predicted molar refractivity (Wildman–Crippen MR) is 68.5 cm³/mol. The van der Waals surface area contributed by atoms with Crippen molar-refractivity contribution in [3.05, 3.63) is 35.9 Å². The molecule has 18 heavy (non-hydrogen) atoms. The molecule has 1 fully saturated rings. The Morgan fingerprint density at radius 1 is 1.44 bits per heavy atom. The highest BCUT2D eigenvalue weighted by molar-refractivity contribution is 5.88. The minimum Gasteiger partial charge on any atom is -0.369 e. The first kappa shape index (κ1) is 12.6. The maximum Gasteiger partial charge on any atom is 0.223 e. The summed E-state index contributed by atoms with van der Waals surface area (Å²) in [5.41, 5.74) is 6.39. The van der Waals surface area contributed by atoms with Crippen molar-refractivity contribution in [2.75, 3.05) is 6.54 Å². The van der Waals surface area contributed by atoms with Crippen molar-refractivity contribution in [2.45, 2.75) is 25.8 Å². The number of likely N-dealkylation sites (tertiary alicyclic amines) is 1. The molecular weight excluding hydrogens is 228 g/mol. The minimum absolute atomic E-state index is 0.0227. The molecule has 1 saturated heterocycles. The zero-order valence-electron chi connectivity index (χ0n) is 10.5.